The van der Waals surface area contributed by atoms with Gasteiger partial charge in [0.05, 0.1) is 17.0 Å². The second-order valence-corrected chi connectivity index (χ2v) is 7.92. The summed E-state index contributed by atoms with van der Waals surface area (Å²) in [5.41, 5.74) is 2.83. The van der Waals surface area contributed by atoms with Crippen molar-refractivity contribution in [2.24, 2.45) is 0 Å². The standard InChI is InChI=1S/C21H20ClN3O3S/c1-12-7-9-15(10-8-12)25-20(28)14(3)19(27)24-21(25)29-11-18(26)23-17-6-4-5-16(22)13(17)2/h4-10,27H,11H2,1-3H3,(H,23,26). The van der Waals surface area contributed by atoms with Crippen LogP contribution in [0.5, 0.6) is 5.88 Å². The molecule has 2 N–H and O–H groups in total. The molecule has 3 aromatic rings. The summed E-state index contributed by atoms with van der Waals surface area (Å²) in [5.74, 6) is -0.607. The van der Waals surface area contributed by atoms with Crippen LogP contribution < -0.4 is 10.9 Å². The number of carbonyl (C=O) groups excluding carboxylic acids is 1. The molecule has 0 atom stereocenters. The molecular weight excluding hydrogens is 410 g/mol. The fraction of sp³-hybridized carbons (Fsp3) is 0.190. The number of aryl methyl sites for hydroxylation is 1. The molecule has 3 rings (SSSR count). The van der Waals surface area contributed by atoms with Gasteiger partial charge in [-0.1, -0.05) is 47.1 Å². The number of benzene rings is 2. The molecule has 0 saturated carbocycles. The third-order valence-electron chi connectivity index (χ3n) is 4.42. The van der Waals surface area contributed by atoms with E-state index in [2.05, 4.69) is 10.3 Å². The van der Waals surface area contributed by atoms with Crippen molar-refractivity contribution >= 4 is 35.0 Å². The summed E-state index contributed by atoms with van der Waals surface area (Å²) in [6, 6.07) is 12.6. The average Bonchev–Trinajstić information content (AvgIpc) is 2.69. The fourth-order valence-corrected chi connectivity index (χ4v) is 3.63. The highest BCUT2D eigenvalue weighted by Gasteiger charge is 2.17. The number of rotatable bonds is 5. The number of carbonyl (C=O) groups is 1. The van der Waals surface area contributed by atoms with Gasteiger partial charge in [-0.05, 0) is 50.6 Å². The molecule has 1 aromatic heterocycles. The minimum absolute atomic E-state index is 0.00670. The third kappa shape index (κ3) is 4.63. The van der Waals surface area contributed by atoms with Crippen molar-refractivity contribution in [3.8, 4) is 11.6 Å². The lowest BCUT2D eigenvalue weighted by molar-refractivity contribution is -0.113. The van der Waals surface area contributed by atoms with Crippen molar-refractivity contribution in [3.05, 3.63) is 74.5 Å². The molecule has 0 saturated heterocycles. The van der Waals surface area contributed by atoms with Gasteiger partial charge in [0, 0.05) is 10.7 Å². The van der Waals surface area contributed by atoms with E-state index in [9.17, 15) is 14.7 Å². The van der Waals surface area contributed by atoms with Crippen LogP contribution in [-0.2, 0) is 4.79 Å². The van der Waals surface area contributed by atoms with Crippen molar-refractivity contribution in [1.29, 1.82) is 0 Å². The second kappa shape index (κ2) is 8.71. The number of anilines is 1. The number of aromatic hydroxyl groups is 1. The largest absolute Gasteiger partial charge is 0.493 e. The molecule has 0 spiro atoms. The molecule has 2 aromatic carbocycles. The van der Waals surface area contributed by atoms with Crippen LogP contribution in [0.4, 0.5) is 5.69 Å². The summed E-state index contributed by atoms with van der Waals surface area (Å²) in [7, 11) is 0. The summed E-state index contributed by atoms with van der Waals surface area (Å²) in [5, 5.41) is 13.6. The quantitative estimate of drug-likeness (QED) is 0.468. The van der Waals surface area contributed by atoms with Crippen LogP contribution in [0.3, 0.4) is 0 Å². The Balaban J connectivity index is 1.87. The van der Waals surface area contributed by atoms with E-state index in [0.29, 0.717) is 16.4 Å². The van der Waals surface area contributed by atoms with E-state index in [1.807, 2.05) is 26.0 Å². The Morgan fingerprint density at radius 2 is 1.83 bits per heavy atom. The lowest BCUT2D eigenvalue weighted by Crippen LogP contribution is -2.24. The normalized spacial score (nSPS) is 10.8. The molecule has 6 nitrogen and oxygen atoms in total. The molecule has 0 bridgehead atoms. The van der Waals surface area contributed by atoms with Crippen LogP contribution in [0.1, 0.15) is 16.7 Å². The summed E-state index contributed by atoms with van der Waals surface area (Å²) in [6.45, 7) is 5.28. The number of amides is 1. The van der Waals surface area contributed by atoms with E-state index in [-0.39, 0.29) is 33.8 Å². The molecule has 0 unspecified atom stereocenters. The van der Waals surface area contributed by atoms with Crippen molar-refractivity contribution < 1.29 is 9.90 Å². The zero-order valence-electron chi connectivity index (χ0n) is 16.2. The maximum Gasteiger partial charge on any atom is 0.265 e. The summed E-state index contributed by atoms with van der Waals surface area (Å²) in [6.07, 6.45) is 0. The van der Waals surface area contributed by atoms with Crippen LogP contribution in [0.2, 0.25) is 5.02 Å². The van der Waals surface area contributed by atoms with Crippen molar-refractivity contribution in [1.82, 2.24) is 9.55 Å². The maximum atomic E-state index is 12.7. The van der Waals surface area contributed by atoms with Gasteiger partial charge in [0.15, 0.2) is 5.16 Å². The van der Waals surface area contributed by atoms with E-state index >= 15 is 0 Å². The molecule has 0 aliphatic heterocycles. The number of nitrogens with zero attached hydrogens (tertiary/aromatic N) is 2. The number of aromatic nitrogens is 2. The van der Waals surface area contributed by atoms with Crippen molar-refractivity contribution in [2.45, 2.75) is 25.9 Å². The summed E-state index contributed by atoms with van der Waals surface area (Å²) >= 11 is 7.15. The first-order valence-electron chi connectivity index (χ1n) is 8.85. The van der Waals surface area contributed by atoms with Gasteiger partial charge >= 0.3 is 0 Å². The van der Waals surface area contributed by atoms with Crippen LogP contribution in [0.25, 0.3) is 5.69 Å². The zero-order chi connectivity index (χ0) is 21.1. The highest BCUT2D eigenvalue weighted by Crippen LogP contribution is 2.25. The number of hydrogen-bond acceptors (Lipinski definition) is 5. The Morgan fingerprint density at radius 1 is 1.14 bits per heavy atom. The summed E-state index contributed by atoms with van der Waals surface area (Å²) in [4.78, 5) is 29.3. The minimum Gasteiger partial charge on any atom is -0.493 e. The molecule has 1 heterocycles. The van der Waals surface area contributed by atoms with E-state index in [4.69, 9.17) is 11.6 Å². The lowest BCUT2D eigenvalue weighted by Gasteiger charge is -2.14. The van der Waals surface area contributed by atoms with Gasteiger partial charge < -0.3 is 10.4 Å². The number of thioether (sulfide) groups is 1. The van der Waals surface area contributed by atoms with E-state index in [0.717, 1.165) is 22.9 Å². The van der Waals surface area contributed by atoms with Gasteiger partial charge in [-0.3, -0.25) is 14.2 Å². The molecule has 0 aliphatic carbocycles. The number of halogens is 1. The van der Waals surface area contributed by atoms with Gasteiger partial charge in [-0.15, -0.1) is 0 Å². The Morgan fingerprint density at radius 3 is 2.52 bits per heavy atom. The molecule has 0 radical (unpaired) electrons. The molecular formula is C21H20ClN3O3S. The minimum atomic E-state index is -0.380. The van der Waals surface area contributed by atoms with E-state index in [1.54, 1.807) is 30.3 Å². The Labute approximate surface area is 177 Å². The Hall–Kier alpha value is -2.77. The Bertz CT molecular complexity index is 1130. The Kier molecular flexibility index (Phi) is 6.30. The van der Waals surface area contributed by atoms with Crippen LogP contribution in [0.15, 0.2) is 52.4 Å². The zero-order valence-corrected chi connectivity index (χ0v) is 17.8. The first-order valence-corrected chi connectivity index (χ1v) is 10.2. The van der Waals surface area contributed by atoms with Gasteiger partial charge in [-0.2, -0.15) is 4.98 Å². The van der Waals surface area contributed by atoms with Gasteiger partial charge in [-0.25, -0.2) is 0 Å². The first kappa shape index (κ1) is 21.0. The van der Waals surface area contributed by atoms with E-state index in [1.165, 1.54) is 11.5 Å². The van der Waals surface area contributed by atoms with Crippen LogP contribution in [0, 0.1) is 20.8 Å². The highest BCUT2D eigenvalue weighted by molar-refractivity contribution is 7.99. The van der Waals surface area contributed by atoms with Crippen LogP contribution >= 0.6 is 23.4 Å². The van der Waals surface area contributed by atoms with Crippen molar-refractivity contribution in [3.63, 3.8) is 0 Å². The predicted molar refractivity (Wildman–Crippen MR) is 117 cm³/mol. The van der Waals surface area contributed by atoms with E-state index < -0.39 is 0 Å². The SMILES string of the molecule is Cc1ccc(-n2c(SCC(=O)Nc3cccc(Cl)c3C)nc(O)c(C)c2=O)cc1. The molecule has 150 valence electrons. The molecule has 0 aliphatic rings. The first-order chi connectivity index (χ1) is 13.8. The fourth-order valence-electron chi connectivity index (χ4n) is 2.65. The van der Waals surface area contributed by atoms with Crippen LogP contribution in [-0.4, -0.2) is 26.3 Å². The third-order valence-corrected chi connectivity index (χ3v) is 5.77. The molecule has 1 amide bonds. The highest BCUT2D eigenvalue weighted by atomic mass is 35.5. The molecule has 0 fully saturated rings. The smallest absolute Gasteiger partial charge is 0.265 e. The van der Waals surface area contributed by atoms with Gasteiger partial charge in [0.2, 0.25) is 11.8 Å². The maximum absolute atomic E-state index is 12.7. The molecule has 8 heteroatoms. The molecule has 29 heavy (non-hydrogen) atoms. The topological polar surface area (TPSA) is 84.2 Å². The predicted octanol–water partition coefficient (Wildman–Crippen LogP) is 4.25. The number of hydrogen-bond donors (Lipinski definition) is 2. The second-order valence-electron chi connectivity index (χ2n) is 6.57. The van der Waals surface area contributed by atoms with Gasteiger partial charge in [0.1, 0.15) is 0 Å². The lowest BCUT2D eigenvalue weighted by atomic mass is 10.2. The number of nitrogens with one attached hydrogen (secondary N) is 1. The summed E-state index contributed by atoms with van der Waals surface area (Å²) < 4.78 is 1.40. The monoisotopic (exact) mass is 429 g/mol. The van der Waals surface area contributed by atoms with Gasteiger partial charge in [0.25, 0.3) is 5.56 Å². The average molecular weight is 430 g/mol. The van der Waals surface area contributed by atoms with Crippen molar-refractivity contribution in [2.75, 3.05) is 11.1 Å².